The van der Waals surface area contributed by atoms with Gasteiger partial charge < -0.3 is 15.2 Å². The fourth-order valence-electron chi connectivity index (χ4n) is 5.00. The number of aromatic amines is 1. The minimum absolute atomic E-state index is 0.148. The largest absolute Gasteiger partial charge is 0.343 e. The molecule has 3 heterocycles. The quantitative estimate of drug-likeness (QED) is 0.362. The van der Waals surface area contributed by atoms with E-state index in [1.54, 1.807) is 18.3 Å². The van der Waals surface area contributed by atoms with Crippen LogP contribution in [0.2, 0.25) is 0 Å². The minimum atomic E-state index is -0.385. The van der Waals surface area contributed by atoms with Gasteiger partial charge in [0.1, 0.15) is 11.3 Å². The molecule has 6 rings (SSSR count). The molecule has 3 aromatic carbocycles. The SMILES string of the molecule is O=C(NC(CN1CCCC1)c1ccc(F)cc1)c1cc2c(=O)[nH]c(-c3ccc4ccccc4c3)cn2n1. The third-order valence-corrected chi connectivity index (χ3v) is 6.98. The number of nitrogens with zero attached hydrogens (tertiary/aromatic N) is 3. The van der Waals surface area contributed by atoms with Crippen LogP contribution in [0.5, 0.6) is 0 Å². The highest BCUT2D eigenvalue weighted by atomic mass is 19.1. The topological polar surface area (TPSA) is 82.5 Å². The van der Waals surface area contributed by atoms with Gasteiger partial charge in [0, 0.05) is 18.2 Å². The van der Waals surface area contributed by atoms with Crippen molar-refractivity contribution in [3.05, 3.63) is 106 Å². The zero-order valence-corrected chi connectivity index (χ0v) is 20.2. The fraction of sp³-hybridized carbons (Fsp3) is 0.207. The first-order chi connectivity index (χ1) is 18.0. The maximum absolute atomic E-state index is 13.5. The second-order valence-electron chi connectivity index (χ2n) is 9.50. The highest BCUT2D eigenvalue weighted by Gasteiger charge is 2.23. The minimum Gasteiger partial charge on any atom is -0.343 e. The summed E-state index contributed by atoms with van der Waals surface area (Å²) in [5.74, 6) is -0.708. The van der Waals surface area contributed by atoms with Gasteiger partial charge in [0.05, 0.1) is 17.9 Å². The number of halogens is 1. The zero-order valence-electron chi connectivity index (χ0n) is 20.2. The molecule has 1 aliphatic rings. The summed E-state index contributed by atoms with van der Waals surface area (Å²) in [6.45, 7) is 2.56. The lowest BCUT2D eigenvalue weighted by molar-refractivity contribution is 0.0922. The first kappa shape index (κ1) is 23.1. The first-order valence-electron chi connectivity index (χ1n) is 12.4. The number of carbonyl (C=O) groups excluding carboxylic acids is 1. The van der Waals surface area contributed by atoms with Gasteiger partial charge in [0.2, 0.25) is 0 Å². The van der Waals surface area contributed by atoms with Crippen molar-refractivity contribution in [2.45, 2.75) is 18.9 Å². The molecule has 1 amide bonds. The molecule has 5 aromatic rings. The Hall–Kier alpha value is -4.30. The molecule has 1 saturated heterocycles. The van der Waals surface area contributed by atoms with E-state index < -0.39 is 0 Å². The lowest BCUT2D eigenvalue weighted by Crippen LogP contribution is -2.37. The Bertz CT molecular complexity index is 1650. The van der Waals surface area contributed by atoms with Crippen LogP contribution in [-0.2, 0) is 0 Å². The molecule has 0 bridgehead atoms. The monoisotopic (exact) mass is 495 g/mol. The molecule has 2 aromatic heterocycles. The normalized spacial score (nSPS) is 14.8. The van der Waals surface area contributed by atoms with E-state index in [9.17, 15) is 14.0 Å². The number of benzene rings is 3. The van der Waals surface area contributed by atoms with Crippen molar-refractivity contribution < 1.29 is 9.18 Å². The van der Waals surface area contributed by atoms with Gasteiger partial charge >= 0.3 is 0 Å². The third-order valence-electron chi connectivity index (χ3n) is 6.98. The summed E-state index contributed by atoms with van der Waals surface area (Å²) >= 11 is 0. The molecule has 1 unspecified atom stereocenters. The third kappa shape index (κ3) is 4.75. The molecule has 1 fully saturated rings. The highest BCUT2D eigenvalue weighted by molar-refractivity contribution is 5.94. The summed E-state index contributed by atoms with van der Waals surface area (Å²) in [6.07, 6.45) is 3.97. The standard InChI is InChI=1S/C29H26FN5O2/c30-23-11-9-20(10-12-23)25(17-34-13-3-4-14-34)31-28(36)24-16-27-29(37)32-26(18-35(27)33-24)22-8-7-19-5-1-2-6-21(19)15-22/h1-2,5-12,15-16,18,25H,3-4,13-14,17H2,(H,31,36)(H,32,37). The van der Waals surface area contributed by atoms with E-state index >= 15 is 0 Å². The molecule has 37 heavy (non-hydrogen) atoms. The Kier molecular flexibility index (Phi) is 6.02. The van der Waals surface area contributed by atoms with E-state index in [0.717, 1.165) is 47.8 Å². The van der Waals surface area contributed by atoms with Gasteiger partial charge in [-0.2, -0.15) is 5.10 Å². The van der Waals surface area contributed by atoms with E-state index in [0.29, 0.717) is 12.2 Å². The van der Waals surface area contributed by atoms with E-state index in [1.165, 1.54) is 22.7 Å². The Balaban J connectivity index is 1.30. The molecule has 8 heteroatoms. The fourth-order valence-corrected chi connectivity index (χ4v) is 5.00. The molecule has 1 aliphatic heterocycles. The van der Waals surface area contributed by atoms with Gasteiger partial charge in [-0.15, -0.1) is 0 Å². The van der Waals surface area contributed by atoms with Crippen LogP contribution < -0.4 is 10.9 Å². The second-order valence-corrected chi connectivity index (χ2v) is 9.50. The van der Waals surface area contributed by atoms with Crippen LogP contribution in [0.3, 0.4) is 0 Å². The van der Waals surface area contributed by atoms with Gasteiger partial charge in [0.25, 0.3) is 11.5 Å². The number of carbonyl (C=O) groups is 1. The van der Waals surface area contributed by atoms with Crippen LogP contribution in [0.25, 0.3) is 27.5 Å². The predicted octanol–water partition coefficient (Wildman–Crippen LogP) is 4.55. The van der Waals surface area contributed by atoms with Crippen LogP contribution in [0.1, 0.15) is 34.9 Å². The summed E-state index contributed by atoms with van der Waals surface area (Å²) in [4.78, 5) is 31.4. The molecule has 0 aliphatic carbocycles. The summed E-state index contributed by atoms with van der Waals surface area (Å²) in [5, 5.41) is 9.65. The highest BCUT2D eigenvalue weighted by Crippen LogP contribution is 2.23. The molecule has 2 N–H and O–H groups in total. The van der Waals surface area contributed by atoms with Crippen molar-refractivity contribution in [2.75, 3.05) is 19.6 Å². The molecule has 7 nitrogen and oxygen atoms in total. The Morgan fingerprint density at radius 3 is 2.54 bits per heavy atom. The van der Waals surface area contributed by atoms with Crippen molar-refractivity contribution in [1.29, 1.82) is 0 Å². The number of likely N-dealkylation sites (tertiary alicyclic amines) is 1. The molecule has 0 spiro atoms. The van der Waals surface area contributed by atoms with Gasteiger partial charge in [0.15, 0.2) is 5.69 Å². The van der Waals surface area contributed by atoms with Crippen LogP contribution >= 0.6 is 0 Å². The van der Waals surface area contributed by atoms with E-state index in [-0.39, 0.29) is 34.5 Å². The van der Waals surface area contributed by atoms with Crippen molar-refractivity contribution in [3.63, 3.8) is 0 Å². The molecule has 1 atom stereocenters. The first-order valence-corrected chi connectivity index (χ1v) is 12.4. The number of fused-ring (bicyclic) bond motifs is 2. The Labute approximate surface area is 212 Å². The van der Waals surface area contributed by atoms with Crippen molar-refractivity contribution in [2.24, 2.45) is 0 Å². The number of rotatable bonds is 6. The molecule has 0 radical (unpaired) electrons. The number of hydrogen-bond donors (Lipinski definition) is 2. The maximum Gasteiger partial charge on any atom is 0.274 e. The smallest absolute Gasteiger partial charge is 0.274 e. The summed E-state index contributed by atoms with van der Waals surface area (Å²) in [6, 6.07) is 21.3. The van der Waals surface area contributed by atoms with E-state index in [2.05, 4.69) is 20.3 Å². The lowest BCUT2D eigenvalue weighted by atomic mass is 10.1. The van der Waals surface area contributed by atoms with E-state index in [4.69, 9.17) is 0 Å². The van der Waals surface area contributed by atoms with Crippen molar-refractivity contribution in [3.8, 4) is 11.3 Å². The average molecular weight is 496 g/mol. The van der Waals surface area contributed by atoms with E-state index in [1.807, 2.05) is 42.5 Å². The average Bonchev–Trinajstić information content (AvgIpc) is 3.59. The maximum atomic E-state index is 13.5. The van der Waals surface area contributed by atoms with Crippen molar-refractivity contribution in [1.82, 2.24) is 24.8 Å². The number of H-pyrrole nitrogens is 1. The van der Waals surface area contributed by atoms with Gasteiger partial charge in [-0.1, -0.05) is 48.5 Å². The summed E-state index contributed by atoms with van der Waals surface area (Å²) < 4.78 is 15.0. The van der Waals surface area contributed by atoms with Gasteiger partial charge in [-0.05, 0) is 60.5 Å². The van der Waals surface area contributed by atoms with Crippen LogP contribution in [0.4, 0.5) is 4.39 Å². The molecule has 186 valence electrons. The predicted molar refractivity (Wildman–Crippen MR) is 141 cm³/mol. The Morgan fingerprint density at radius 1 is 1.00 bits per heavy atom. The lowest BCUT2D eigenvalue weighted by Gasteiger charge is -2.24. The van der Waals surface area contributed by atoms with Gasteiger partial charge in [-0.25, -0.2) is 8.91 Å². The van der Waals surface area contributed by atoms with Crippen LogP contribution in [0, 0.1) is 5.82 Å². The molecular formula is C29H26FN5O2. The number of hydrogen-bond acceptors (Lipinski definition) is 4. The van der Waals surface area contributed by atoms with Crippen LogP contribution in [-0.4, -0.2) is 45.0 Å². The molecule has 0 saturated carbocycles. The summed E-state index contributed by atoms with van der Waals surface area (Å²) in [5.41, 5.74) is 2.38. The zero-order chi connectivity index (χ0) is 25.4. The number of aromatic nitrogens is 3. The second kappa shape index (κ2) is 9.63. The van der Waals surface area contributed by atoms with Crippen LogP contribution in [0.15, 0.2) is 83.8 Å². The number of nitrogens with one attached hydrogen (secondary N) is 2. The molecular weight excluding hydrogens is 469 g/mol. The Morgan fingerprint density at radius 2 is 1.76 bits per heavy atom. The van der Waals surface area contributed by atoms with Gasteiger partial charge in [-0.3, -0.25) is 9.59 Å². The number of amides is 1. The van der Waals surface area contributed by atoms with Crippen molar-refractivity contribution >= 4 is 22.2 Å². The summed E-state index contributed by atoms with van der Waals surface area (Å²) in [7, 11) is 0.